The molecule has 0 unspecified atom stereocenters. The van der Waals surface area contributed by atoms with E-state index < -0.39 is 0 Å². The normalized spacial score (nSPS) is 18.3. The summed E-state index contributed by atoms with van der Waals surface area (Å²) in [5.74, 6) is -0.272. The number of aryl methyl sites for hydroxylation is 1. The third kappa shape index (κ3) is 4.54. The van der Waals surface area contributed by atoms with Crippen molar-refractivity contribution in [2.24, 2.45) is 0 Å². The molecule has 1 aromatic carbocycles. The van der Waals surface area contributed by atoms with Gasteiger partial charge in [-0.1, -0.05) is 11.6 Å². The van der Waals surface area contributed by atoms with Crippen molar-refractivity contribution >= 4 is 40.8 Å². The maximum Gasteiger partial charge on any atom is 0.256 e. The molecule has 0 bridgehead atoms. The average molecular weight is 442 g/mol. The molecule has 7 nitrogen and oxygen atoms in total. The summed E-state index contributed by atoms with van der Waals surface area (Å²) in [5.41, 5.74) is 5.03. The molecule has 31 heavy (non-hydrogen) atoms. The Hall–Kier alpha value is -2.61. The number of amides is 2. The zero-order valence-corrected chi connectivity index (χ0v) is 18.9. The second-order valence-corrected chi connectivity index (χ2v) is 8.70. The predicted molar refractivity (Wildman–Crippen MR) is 124 cm³/mol. The fraction of sp³-hybridized carbons (Fsp3) is 0.391. The van der Waals surface area contributed by atoms with Gasteiger partial charge in [-0.05, 0) is 50.7 Å². The Labute approximate surface area is 187 Å². The van der Waals surface area contributed by atoms with Gasteiger partial charge in [-0.2, -0.15) is 0 Å². The van der Waals surface area contributed by atoms with Crippen molar-refractivity contribution in [3.63, 3.8) is 0 Å². The molecule has 2 aliphatic rings. The Morgan fingerprint density at radius 2 is 1.97 bits per heavy atom. The highest BCUT2D eigenvalue weighted by molar-refractivity contribution is 6.36. The molecule has 0 saturated carbocycles. The van der Waals surface area contributed by atoms with Crippen LogP contribution in [0.15, 0.2) is 18.2 Å². The number of nitrogens with one attached hydrogen (secondary N) is 3. The maximum absolute atomic E-state index is 12.9. The number of hydrogen-bond donors (Lipinski definition) is 3. The lowest BCUT2D eigenvalue weighted by Crippen LogP contribution is -2.46. The van der Waals surface area contributed by atoms with E-state index in [0.29, 0.717) is 22.7 Å². The third-order valence-electron chi connectivity index (χ3n) is 6.07. The standard InChI is InChI=1S/C23H28ClN5O2/c1-14-20(13-18-17-12-16(24)4-5-19(17)27-22(18)30)26-15(2)21(14)23(31)25-6-7-29-10-8-28(3)9-11-29/h4-5,12-13,26H,6-11H2,1-3H3,(H,25,31)(H,27,30). The molecule has 0 atom stereocenters. The number of halogens is 1. The number of H-pyrrole nitrogens is 1. The van der Waals surface area contributed by atoms with Crippen LogP contribution >= 0.6 is 11.6 Å². The van der Waals surface area contributed by atoms with E-state index in [2.05, 4.69) is 32.5 Å². The lowest BCUT2D eigenvalue weighted by Gasteiger charge is -2.32. The first-order chi connectivity index (χ1) is 14.8. The van der Waals surface area contributed by atoms with Crippen LogP contribution in [0.5, 0.6) is 0 Å². The van der Waals surface area contributed by atoms with E-state index in [1.807, 2.05) is 13.8 Å². The van der Waals surface area contributed by atoms with E-state index in [4.69, 9.17) is 11.6 Å². The van der Waals surface area contributed by atoms with Crippen LogP contribution in [0.3, 0.4) is 0 Å². The Kier molecular flexibility index (Phi) is 6.18. The van der Waals surface area contributed by atoms with Gasteiger partial charge >= 0.3 is 0 Å². The Bertz CT molecular complexity index is 1050. The van der Waals surface area contributed by atoms with Crippen molar-refractivity contribution in [1.82, 2.24) is 20.1 Å². The van der Waals surface area contributed by atoms with Gasteiger partial charge < -0.3 is 20.5 Å². The molecule has 1 fully saturated rings. The van der Waals surface area contributed by atoms with Gasteiger partial charge in [0.1, 0.15) is 0 Å². The van der Waals surface area contributed by atoms with Crippen LogP contribution in [0, 0.1) is 13.8 Å². The number of likely N-dealkylation sites (N-methyl/N-ethyl adjacent to an activating group) is 1. The second-order valence-electron chi connectivity index (χ2n) is 8.27. The summed E-state index contributed by atoms with van der Waals surface area (Å²) in [6, 6.07) is 5.32. The highest BCUT2D eigenvalue weighted by atomic mass is 35.5. The molecule has 164 valence electrons. The fourth-order valence-corrected chi connectivity index (χ4v) is 4.37. The van der Waals surface area contributed by atoms with E-state index in [9.17, 15) is 9.59 Å². The summed E-state index contributed by atoms with van der Waals surface area (Å²) in [6.07, 6.45) is 1.79. The van der Waals surface area contributed by atoms with Crippen LogP contribution in [0.25, 0.3) is 11.6 Å². The summed E-state index contributed by atoms with van der Waals surface area (Å²) in [5, 5.41) is 6.47. The molecule has 0 aliphatic carbocycles. The minimum Gasteiger partial charge on any atom is -0.358 e. The summed E-state index contributed by atoms with van der Waals surface area (Å²) in [7, 11) is 2.13. The van der Waals surface area contributed by atoms with E-state index in [1.54, 1.807) is 24.3 Å². The van der Waals surface area contributed by atoms with Gasteiger partial charge in [0.25, 0.3) is 11.8 Å². The number of hydrogen-bond acceptors (Lipinski definition) is 4. The molecule has 2 aliphatic heterocycles. The van der Waals surface area contributed by atoms with E-state index in [-0.39, 0.29) is 11.8 Å². The number of carbonyl (C=O) groups excluding carboxylic acids is 2. The number of rotatable bonds is 5. The van der Waals surface area contributed by atoms with Gasteiger partial charge in [0.05, 0.1) is 11.1 Å². The van der Waals surface area contributed by atoms with Crippen LogP contribution in [0.1, 0.15) is 32.9 Å². The second kappa shape index (κ2) is 8.86. The van der Waals surface area contributed by atoms with Crippen molar-refractivity contribution in [3.05, 3.63) is 51.3 Å². The number of aromatic amines is 1. The van der Waals surface area contributed by atoms with Crippen LogP contribution in [0.4, 0.5) is 5.69 Å². The van der Waals surface area contributed by atoms with E-state index in [1.165, 1.54) is 0 Å². The minimum absolute atomic E-state index is 0.0932. The maximum atomic E-state index is 12.9. The van der Waals surface area contributed by atoms with Crippen LogP contribution in [-0.4, -0.2) is 72.9 Å². The highest BCUT2D eigenvalue weighted by Gasteiger charge is 2.26. The molecule has 8 heteroatoms. The van der Waals surface area contributed by atoms with Crippen molar-refractivity contribution in [1.29, 1.82) is 0 Å². The zero-order valence-electron chi connectivity index (χ0n) is 18.1. The summed E-state index contributed by atoms with van der Waals surface area (Å²) in [6.45, 7) is 9.41. The fourth-order valence-electron chi connectivity index (χ4n) is 4.19. The zero-order chi connectivity index (χ0) is 22.1. The van der Waals surface area contributed by atoms with Crippen LogP contribution < -0.4 is 10.6 Å². The number of carbonyl (C=O) groups is 2. The van der Waals surface area contributed by atoms with Gasteiger partial charge in [0, 0.05) is 66.9 Å². The molecule has 0 spiro atoms. The van der Waals surface area contributed by atoms with Gasteiger partial charge in [0.15, 0.2) is 0 Å². The molecule has 1 saturated heterocycles. The predicted octanol–water partition coefficient (Wildman–Crippen LogP) is 2.75. The first kappa shape index (κ1) is 21.6. The van der Waals surface area contributed by atoms with Crippen molar-refractivity contribution < 1.29 is 9.59 Å². The number of anilines is 1. The highest BCUT2D eigenvalue weighted by Crippen LogP contribution is 2.35. The lowest BCUT2D eigenvalue weighted by atomic mass is 10.0. The Morgan fingerprint density at radius 1 is 1.23 bits per heavy atom. The van der Waals surface area contributed by atoms with Gasteiger partial charge in [0.2, 0.25) is 0 Å². The van der Waals surface area contributed by atoms with Crippen LogP contribution in [0.2, 0.25) is 5.02 Å². The number of fused-ring (bicyclic) bond motifs is 1. The molecule has 1 aromatic heterocycles. The molecular weight excluding hydrogens is 414 g/mol. The molecule has 3 heterocycles. The minimum atomic E-state index is -0.179. The van der Waals surface area contributed by atoms with Crippen molar-refractivity contribution in [2.75, 3.05) is 51.6 Å². The van der Waals surface area contributed by atoms with Gasteiger partial charge in [-0.15, -0.1) is 0 Å². The lowest BCUT2D eigenvalue weighted by molar-refractivity contribution is -0.110. The average Bonchev–Trinajstić information content (AvgIpc) is 3.19. The Balaban J connectivity index is 1.48. The van der Waals surface area contributed by atoms with Crippen molar-refractivity contribution in [2.45, 2.75) is 13.8 Å². The Morgan fingerprint density at radius 3 is 2.71 bits per heavy atom. The largest absolute Gasteiger partial charge is 0.358 e. The van der Waals surface area contributed by atoms with Gasteiger partial charge in [-0.25, -0.2) is 0 Å². The number of nitrogens with zero attached hydrogens (tertiary/aromatic N) is 2. The monoisotopic (exact) mass is 441 g/mol. The third-order valence-corrected chi connectivity index (χ3v) is 6.30. The first-order valence-electron chi connectivity index (χ1n) is 10.5. The smallest absolute Gasteiger partial charge is 0.256 e. The number of aromatic nitrogens is 1. The summed E-state index contributed by atoms with van der Waals surface area (Å²) in [4.78, 5) is 33.3. The molecule has 4 rings (SSSR count). The quantitative estimate of drug-likeness (QED) is 0.623. The number of benzene rings is 1. The molecular formula is C23H28ClN5O2. The number of piperazine rings is 1. The first-order valence-corrected chi connectivity index (χ1v) is 10.9. The molecule has 0 radical (unpaired) electrons. The SMILES string of the molecule is Cc1[nH]c(C=C2C(=O)Nc3ccc(Cl)cc32)c(C)c1C(=O)NCCN1CCN(C)CC1. The molecule has 2 aromatic rings. The topological polar surface area (TPSA) is 80.5 Å². The summed E-state index contributed by atoms with van der Waals surface area (Å²) >= 11 is 6.12. The van der Waals surface area contributed by atoms with Crippen molar-refractivity contribution in [3.8, 4) is 0 Å². The molecule has 3 N–H and O–H groups in total. The van der Waals surface area contributed by atoms with Gasteiger partial charge in [-0.3, -0.25) is 14.5 Å². The van der Waals surface area contributed by atoms with E-state index in [0.717, 1.165) is 60.9 Å². The molecule has 2 amide bonds. The van der Waals surface area contributed by atoms with Crippen LogP contribution in [-0.2, 0) is 4.79 Å². The van der Waals surface area contributed by atoms with E-state index >= 15 is 0 Å². The summed E-state index contributed by atoms with van der Waals surface area (Å²) < 4.78 is 0.